The highest BCUT2D eigenvalue weighted by Crippen LogP contribution is 2.27. The highest BCUT2D eigenvalue weighted by Gasteiger charge is 2.25. The number of carbonyl (C=O) groups excluding carboxylic acids is 1. The van der Waals surface area contributed by atoms with Crippen LogP contribution in [-0.2, 0) is 0 Å². The van der Waals surface area contributed by atoms with E-state index < -0.39 is 0 Å². The molecule has 1 unspecified atom stereocenters. The standard InChI is InChI=1S/C16H21ClN6O.ClH/c17-12-6-7-15(23-10-19-21-22-23)13(8-12)16(24)20-14(9-18)11-4-2-1-3-5-11;/h6-8,10-11,14H,1-5,9,18H2,(H,20,24);1H. The number of rotatable bonds is 5. The molecule has 3 N–H and O–H groups in total. The number of nitrogens with two attached hydrogens (primary N) is 1. The van der Waals surface area contributed by atoms with E-state index in [1.54, 1.807) is 18.2 Å². The van der Waals surface area contributed by atoms with Gasteiger partial charge in [-0.1, -0.05) is 30.9 Å². The lowest BCUT2D eigenvalue weighted by atomic mass is 9.84. The van der Waals surface area contributed by atoms with Crippen LogP contribution < -0.4 is 11.1 Å². The van der Waals surface area contributed by atoms with Crippen molar-refractivity contribution in [3.63, 3.8) is 0 Å². The molecule has 0 spiro atoms. The predicted octanol–water partition coefficient (Wildman–Crippen LogP) is 2.37. The van der Waals surface area contributed by atoms with E-state index in [0.717, 1.165) is 12.8 Å². The Labute approximate surface area is 157 Å². The third-order valence-corrected chi connectivity index (χ3v) is 4.82. The maximum Gasteiger partial charge on any atom is 0.253 e. The van der Waals surface area contributed by atoms with Gasteiger partial charge in [0.1, 0.15) is 6.33 Å². The van der Waals surface area contributed by atoms with Crippen LogP contribution in [0.4, 0.5) is 0 Å². The molecular weight excluding hydrogens is 363 g/mol. The van der Waals surface area contributed by atoms with E-state index in [4.69, 9.17) is 17.3 Å². The normalized spacial score (nSPS) is 16.1. The van der Waals surface area contributed by atoms with Crippen molar-refractivity contribution in [2.75, 3.05) is 6.54 Å². The molecule has 1 aromatic carbocycles. The van der Waals surface area contributed by atoms with Gasteiger partial charge in [-0.25, -0.2) is 0 Å². The summed E-state index contributed by atoms with van der Waals surface area (Å²) in [5, 5.41) is 14.7. The lowest BCUT2D eigenvalue weighted by Crippen LogP contribution is -2.46. The number of tetrazole rings is 1. The Hall–Kier alpha value is -1.70. The Balaban J connectivity index is 0.00000225. The molecule has 1 saturated carbocycles. The van der Waals surface area contributed by atoms with Gasteiger partial charge in [-0.05, 0) is 47.4 Å². The van der Waals surface area contributed by atoms with Crippen molar-refractivity contribution in [2.45, 2.75) is 38.1 Å². The third kappa shape index (κ3) is 4.68. The van der Waals surface area contributed by atoms with E-state index in [2.05, 4.69) is 20.8 Å². The average molecular weight is 385 g/mol. The quantitative estimate of drug-likeness (QED) is 0.824. The van der Waals surface area contributed by atoms with Crippen molar-refractivity contribution in [2.24, 2.45) is 11.7 Å². The smallest absolute Gasteiger partial charge is 0.253 e. The number of aromatic nitrogens is 4. The zero-order valence-electron chi connectivity index (χ0n) is 13.8. The van der Waals surface area contributed by atoms with Gasteiger partial charge in [0.2, 0.25) is 0 Å². The molecule has 25 heavy (non-hydrogen) atoms. The first-order valence-corrected chi connectivity index (χ1v) is 8.60. The number of hydrogen-bond donors (Lipinski definition) is 2. The zero-order chi connectivity index (χ0) is 16.9. The first-order chi connectivity index (χ1) is 11.7. The van der Waals surface area contributed by atoms with Crippen LogP contribution in [0.25, 0.3) is 5.69 Å². The van der Waals surface area contributed by atoms with Gasteiger partial charge in [0, 0.05) is 17.6 Å². The molecule has 0 bridgehead atoms. The summed E-state index contributed by atoms with van der Waals surface area (Å²) >= 11 is 6.08. The maximum atomic E-state index is 12.8. The van der Waals surface area contributed by atoms with Crippen LogP contribution in [0.2, 0.25) is 5.02 Å². The van der Waals surface area contributed by atoms with E-state index in [1.807, 2.05) is 0 Å². The molecule has 1 atom stereocenters. The van der Waals surface area contributed by atoms with Crippen molar-refractivity contribution < 1.29 is 4.79 Å². The highest BCUT2D eigenvalue weighted by atomic mass is 35.5. The molecule has 0 aliphatic heterocycles. The Morgan fingerprint density at radius 1 is 1.36 bits per heavy atom. The molecule has 1 fully saturated rings. The summed E-state index contributed by atoms with van der Waals surface area (Å²) in [4.78, 5) is 12.8. The molecule has 1 heterocycles. The monoisotopic (exact) mass is 384 g/mol. The topological polar surface area (TPSA) is 98.7 Å². The minimum absolute atomic E-state index is 0. The number of benzene rings is 1. The maximum absolute atomic E-state index is 12.8. The van der Waals surface area contributed by atoms with Crippen LogP contribution in [0, 0.1) is 5.92 Å². The fourth-order valence-corrected chi connectivity index (χ4v) is 3.49. The third-order valence-electron chi connectivity index (χ3n) is 4.59. The van der Waals surface area contributed by atoms with E-state index in [9.17, 15) is 4.79 Å². The first kappa shape index (κ1) is 19.6. The minimum atomic E-state index is -0.205. The van der Waals surface area contributed by atoms with Crippen LogP contribution in [0.15, 0.2) is 24.5 Å². The lowest BCUT2D eigenvalue weighted by Gasteiger charge is -2.30. The fraction of sp³-hybridized carbons (Fsp3) is 0.500. The van der Waals surface area contributed by atoms with Gasteiger partial charge in [0.05, 0.1) is 11.3 Å². The molecule has 3 rings (SSSR count). The van der Waals surface area contributed by atoms with E-state index in [-0.39, 0.29) is 24.4 Å². The number of hydrogen-bond acceptors (Lipinski definition) is 5. The van der Waals surface area contributed by atoms with Crippen LogP contribution in [-0.4, -0.2) is 38.7 Å². The lowest BCUT2D eigenvalue weighted by molar-refractivity contribution is 0.0915. The second kappa shape index (κ2) is 9.12. The molecule has 136 valence electrons. The van der Waals surface area contributed by atoms with Gasteiger partial charge in [0.25, 0.3) is 5.91 Å². The predicted molar refractivity (Wildman–Crippen MR) is 98.3 cm³/mol. The second-order valence-electron chi connectivity index (χ2n) is 6.13. The first-order valence-electron chi connectivity index (χ1n) is 8.23. The largest absolute Gasteiger partial charge is 0.348 e. The Kier molecular flexibility index (Phi) is 7.16. The Bertz CT molecular complexity index is 688. The summed E-state index contributed by atoms with van der Waals surface area (Å²) in [5.41, 5.74) is 6.93. The summed E-state index contributed by atoms with van der Waals surface area (Å²) in [5.74, 6) is 0.229. The van der Waals surface area contributed by atoms with Crippen molar-refractivity contribution in [1.82, 2.24) is 25.5 Å². The van der Waals surface area contributed by atoms with Gasteiger partial charge in [-0.3, -0.25) is 4.79 Å². The van der Waals surface area contributed by atoms with Gasteiger partial charge >= 0.3 is 0 Å². The van der Waals surface area contributed by atoms with Crippen molar-refractivity contribution in [3.05, 3.63) is 35.1 Å². The molecule has 1 aliphatic carbocycles. The van der Waals surface area contributed by atoms with E-state index >= 15 is 0 Å². The summed E-state index contributed by atoms with van der Waals surface area (Å²) < 4.78 is 1.45. The average Bonchev–Trinajstić information content (AvgIpc) is 3.14. The van der Waals surface area contributed by atoms with E-state index in [0.29, 0.717) is 28.7 Å². The number of amides is 1. The van der Waals surface area contributed by atoms with Crippen molar-refractivity contribution in [1.29, 1.82) is 0 Å². The number of carbonyl (C=O) groups is 1. The molecule has 1 aromatic heterocycles. The minimum Gasteiger partial charge on any atom is -0.348 e. The van der Waals surface area contributed by atoms with Crippen LogP contribution in [0.1, 0.15) is 42.5 Å². The molecule has 9 heteroatoms. The zero-order valence-corrected chi connectivity index (χ0v) is 15.3. The van der Waals surface area contributed by atoms with Gasteiger partial charge in [-0.2, -0.15) is 4.68 Å². The van der Waals surface area contributed by atoms with Crippen LogP contribution in [0.3, 0.4) is 0 Å². The highest BCUT2D eigenvalue weighted by molar-refractivity contribution is 6.31. The molecule has 1 amide bonds. The van der Waals surface area contributed by atoms with E-state index in [1.165, 1.54) is 30.3 Å². The van der Waals surface area contributed by atoms with Crippen molar-refractivity contribution in [3.8, 4) is 5.69 Å². The van der Waals surface area contributed by atoms with Crippen molar-refractivity contribution >= 4 is 29.9 Å². The number of nitrogens with zero attached hydrogens (tertiary/aromatic N) is 4. The summed E-state index contributed by atoms with van der Waals surface area (Å²) in [6, 6.07) is 5.03. The molecule has 1 aliphatic rings. The Morgan fingerprint density at radius 3 is 2.76 bits per heavy atom. The van der Waals surface area contributed by atoms with Gasteiger partial charge < -0.3 is 11.1 Å². The molecule has 2 aromatic rings. The molecular formula is C16H22Cl2N6O. The summed E-state index contributed by atoms with van der Waals surface area (Å²) in [6.45, 7) is 0.428. The number of nitrogens with one attached hydrogen (secondary N) is 1. The summed E-state index contributed by atoms with van der Waals surface area (Å²) in [7, 11) is 0. The summed E-state index contributed by atoms with van der Waals surface area (Å²) in [6.07, 6.45) is 7.32. The fourth-order valence-electron chi connectivity index (χ4n) is 3.31. The van der Waals surface area contributed by atoms with Gasteiger partial charge in [-0.15, -0.1) is 17.5 Å². The van der Waals surface area contributed by atoms with Crippen LogP contribution in [0.5, 0.6) is 0 Å². The van der Waals surface area contributed by atoms with Crippen LogP contribution >= 0.6 is 24.0 Å². The Morgan fingerprint density at radius 2 is 2.12 bits per heavy atom. The SMILES string of the molecule is Cl.NCC(NC(=O)c1cc(Cl)ccc1-n1cnnn1)C1CCCCC1. The van der Waals surface area contributed by atoms with Gasteiger partial charge in [0.15, 0.2) is 0 Å². The molecule has 0 saturated heterocycles. The second-order valence-corrected chi connectivity index (χ2v) is 6.57. The molecule has 7 nitrogen and oxygen atoms in total. The number of halogens is 2. The molecule has 0 radical (unpaired) electrons.